The number of aryl methyl sites for hydroxylation is 3. The fourth-order valence-electron chi connectivity index (χ4n) is 4.55. The van der Waals surface area contributed by atoms with Gasteiger partial charge < -0.3 is 15.2 Å². The number of ether oxygens (including phenoxy) is 1. The molecule has 3 aromatic heterocycles. The van der Waals surface area contributed by atoms with Gasteiger partial charge in [0.05, 0.1) is 23.7 Å². The molecule has 1 aliphatic heterocycles. The molecule has 3 aromatic rings. The van der Waals surface area contributed by atoms with Gasteiger partial charge >= 0.3 is 5.97 Å². The van der Waals surface area contributed by atoms with Gasteiger partial charge in [-0.2, -0.15) is 0 Å². The van der Waals surface area contributed by atoms with Crippen molar-refractivity contribution in [2.45, 2.75) is 70.3 Å². The molecule has 4 rings (SSSR count). The number of aliphatic carboxylic acids is 1. The zero-order valence-electron chi connectivity index (χ0n) is 19.7. The van der Waals surface area contributed by atoms with Gasteiger partial charge in [-0.15, -0.1) is 22.7 Å². The maximum Gasteiger partial charge on any atom is 0.304 e. The van der Waals surface area contributed by atoms with Gasteiger partial charge in [-0.3, -0.25) is 4.79 Å². The number of pyridine rings is 1. The lowest BCUT2D eigenvalue weighted by Gasteiger charge is -2.22. The molecule has 2 atom stereocenters. The smallest absolute Gasteiger partial charge is 0.304 e. The summed E-state index contributed by atoms with van der Waals surface area (Å²) < 4.78 is 5.19. The van der Waals surface area contributed by atoms with Gasteiger partial charge in [-0.1, -0.05) is 13.0 Å². The second kappa shape index (κ2) is 11.9. The molecule has 182 valence electrons. The summed E-state index contributed by atoms with van der Waals surface area (Å²) in [5.74, 6) is 0.151. The van der Waals surface area contributed by atoms with Crippen molar-refractivity contribution in [2.75, 3.05) is 19.0 Å². The van der Waals surface area contributed by atoms with Crippen LogP contribution >= 0.6 is 22.7 Å². The molecular formula is C25H32N4O3S2. The van der Waals surface area contributed by atoms with Crippen molar-refractivity contribution in [3.05, 3.63) is 55.6 Å². The molecule has 0 saturated heterocycles. The molecule has 2 unspecified atom stereocenters. The molecule has 0 amide bonds. The van der Waals surface area contributed by atoms with Crippen molar-refractivity contribution < 1.29 is 14.6 Å². The first-order chi connectivity index (χ1) is 16.6. The topological polar surface area (TPSA) is 97.2 Å². The second-order valence-electron chi connectivity index (χ2n) is 8.67. The molecule has 0 fully saturated rings. The minimum Gasteiger partial charge on any atom is -0.481 e. The van der Waals surface area contributed by atoms with E-state index < -0.39 is 5.97 Å². The number of hydrogen-bond acceptors (Lipinski definition) is 8. The molecule has 0 spiro atoms. The fourth-order valence-corrected chi connectivity index (χ4v) is 6.52. The Morgan fingerprint density at radius 1 is 1.24 bits per heavy atom. The number of carboxylic acids is 1. The molecule has 2 N–H and O–H groups in total. The summed E-state index contributed by atoms with van der Waals surface area (Å²) in [4.78, 5) is 26.8. The van der Waals surface area contributed by atoms with Crippen molar-refractivity contribution in [3.8, 4) is 0 Å². The molecule has 0 aliphatic carbocycles. The minimum atomic E-state index is -0.798. The Morgan fingerprint density at radius 3 is 2.91 bits per heavy atom. The van der Waals surface area contributed by atoms with E-state index in [-0.39, 0.29) is 18.3 Å². The molecule has 1 aliphatic rings. The number of carboxylic acid groups (broad SMARTS) is 1. The third kappa shape index (κ3) is 6.20. The van der Waals surface area contributed by atoms with Gasteiger partial charge in [0, 0.05) is 47.6 Å². The largest absolute Gasteiger partial charge is 0.481 e. The van der Waals surface area contributed by atoms with E-state index >= 15 is 0 Å². The summed E-state index contributed by atoms with van der Waals surface area (Å²) in [5.41, 5.74) is 3.43. The molecule has 34 heavy (non-hydrogen) atoms. The summed E-state index contributed by atoms with van der Waals surface area (Å²) in [6.45, 7) is 3.55. The first-order valence-electron chi connectivity index (χ1n) is 11.9. The predicted octanol–water partition coefficient (Wildman–Crippen LogP) is 5.43. The van der Waals surface area contributed by atoms with E-state index in [1.165, 1.54) is 23.3 Å². The van der Waals surface area contributed by atoms with Crippen LogP contribution in [0.15, 0.2) is 23.7 Å². The van der Waals surface area contributed by atoms with Crippen LogP contribution in [0.1, 0.15) is 76.3 Å². The van der Waals surface area contributed by atoms with E-state index in [1.54, 1.807) is 18.4 Å². The van der Waals surface area contributed by atoms with Crippen LogP contribution in [0.25, 0.3) is 0 Å². The highest BCUT2D eigenvalue weighted by atomic mass is 32.1. The van der Waals surface area contributed by atoms with Crippen molar-refractivity contribution in [1.29, 1.82) is 0 Å². The lowest BCUT2D eigenvalue weighted by Crippen LogP contribution is -2.14. The second-order valence-corrected chi connectivity index (χ2v) is 10.8. The third-order valence-corrected chi connectivity index (χ3v) is 8.28. The van der Waals surface area contributed by atoms with E-state index in [9.17, 15) is 9.90 Å². The lowest BCUT2D eigenvalue weighted by molar-refractivity contribution is -0.137. The molecule has 0 saturated carbocycles. The minimum absolute atomic E-state index is 0.0466. The molecule has 0 radical (unpaired) electrons. The van der Waals surface area contributed by atoms with Crippen molar-refractivity contribution in [3.63, 3.8) is 0 Å². The number of hydrogen-bond donors (Lipinski definition) is 2. The summed E-state index contributed by atoms with van der Waals surface area (Å²) in [7, 11) is 1.64. The van der Waals surface area contributed by atoms with E-state index in [1.807, 2.05) is 6.20 Å². The Hall–Kier alpha value is -2.36. The van der Waals surface area contributed by atoms with Gasteiger partial charge in [0.15, 0.2) is 0 Å². The van der Waals surface area contributed by atoms with E-state index in [4.69, 9.17) is 14.7 Å². The van der Waals surface area contributed by atoms with Crippen LogP contribution in [0.4, 0.5) is 5.82 Å². The number of rotatable bonds is 12. The van der Waals surface area contributed by atoms with Crippen LogP contribution in [-0.4, -0.2) is 39.7 Å². The van der Waals surface area contributed by atoms with Crippen molar-refractivity contribution in [2.24, 2.45) is 0 Å². The van der Waals surface area contributed by atoms with E-state index in [0.717, 1.165) is 70.7 Å². The highest BCUT2D eigenvalue weighted by Gasteiger charge is 2.29. The normalized spacial score (nSPS) is 14.9. The van der Waals surface area contributed by atoms with Crippen LogP contribution in [-0.2, 0) is 35.4 Å². The fraction of sp³-hybridized carbons (Fsp3) is 0.520. The number of methoxy groups -OCH3 is 1. The van der Waals surface area contributed by atoms with Crippen LogP contribution < -0.4 is 5.32 Å². The number of aromatic nitrogens is 3. The number of fused-ring (bicyclic) bond motifs is 1. The molecule has 0 aromatic carbocycles. The number of carbonyl (C=O) groups is 1. The number of nitrogens with one attached hydrogen (secondary N) is 1. The Kier molecular flexibility index (Phi) is 8.64. The summed E-state index contributed by atoms with van der Waals surface area (Å²) >= 11 is 3.21. The molecular weight excluding hydrogens is 468 g/mol. The first kappa shape index (κ1) is 24.8. The zero-order valence-corrected chi connectivity index (χ0v) is 21.4. The van der Waals surface area contributed by atoms with Crippen LogP contribution in [0.5, 0.6) is 0 Å². The van der Waals surface area contributed by atoms with Crippen molar-refractivity contribution >= 4 is 34.5 Å². The SMILES string of the molecule is CCC(c1csc(CCCc2ccc3c(n2)NCCC3)n1)C(CC(=O)O)c1cnc(COC)s1. The number of anilines is 1. The zero-order chi connectivity index (χ0) is 23.9. The Bertz CT molecular complexity index is 1100. The Morgan fingerprint density at radius 2 is 2.12 bits per heavy atom. The maximum absolute atomic E-state index is 11.7. The van der Waals surface area contributed by atoms with Crippen LogP contribution in [0.2, 0.25) is 0 Å². The lowest BCUT2D eigenvalue weighted by atomic mass is 9.84. The average molecular weight is 501 g/mol. The average Bonchev–Trinajstić information content (AvgIpc) is 3.49. The highest BCUT2D eigenvalue weighted by Crippen LogP contribution is 2.40. The number of thiazole rings is 2. The quantitative estimate of drug-likeness (QED) is 0.342. The van der Waals surface area contributed by atoms with E-state index in [0.29, 0.717) is 6.61 Å². The third-order valence-electron chi connectivity index (χ3n) is 6.25. The number of nitrogens with zero attached hydrogens (tertiary/aromatic N) is 3. The van der Waals surface area contributed by atoms with Gasteiger partial charge in [-0.25, -0.2) is 15.0 Å². The molecule has 4 heterocycles. The molecule has 7 nitrogen and oxygen atoms in total. The summed E-state index contributed by atoms with van der Waals surface area (Å²) in [6.07, 6.45) is 7.79. The van der Waals surface area contributed by atoms with Crippen LogP contribution in [0.3, 0.4) is 0 Å². The predicted molar refractivity (Wildman–Crippen MR) is 136 cm³/mol. The Labute approximate surface area is 208 Å². The maximum atomic E-state index is 11.7. The van der Waals surface area contributed by atoms with Gasteiger partial charge in [-0.05, 0) is 50.2 Å². The molecule has 9 heteroatoms. The Balaban J connectivity index is 1.41. The highest BCUT2D eigenvalue weighted by molar-refractivity contribution is 7.11. The van der Waals surface area contributed by atoms with Gasteiger partial charge in [0.2, 0.25) is 0 Å². The molecule has 0 bridgehead atoms. The summed E-state index contributed by atoms with van der Waals surface area (Å²) in [6, 6.07) is 4.35. The first-order valence-corrected chi connectivity index (χ1v) is 13.6. The van der Waals surface area contributed by atoms with Gasteiger partial charge in [0.25, 0.3) is 0 Å². The van der Waals surface area contributed by atoms with E-state index in [2.05, 4.69) is 34.7 Å². The van der Waals surface area contributed by atoms with Gasteiger partial charge in [0.1, 0.15) is 10.8 Å². The van der Waals surface area contributed by atoms with Crippen molar-refractivity contribution in [1.82, 2.24) is 15.0 Å². The monoisotopic (exact) mass is 500 g/mol. The standard InChI is InChI=1S/C25H32N4O3S2/c1-3-18(19(12-24(30)31)21-13-27-23(34-21)14-32-2)20-15-33-22(29-20)8-4-7-17-10-9-16-6-5-11-26-25(16)28-17/h9-10,13,15,18-19H,3-8,11-12,14H2,1-2H3,(H,26,28)(H,30,31). The van der Waals surface area contributed by atoms with Crippen LogP contribution in [0, 0.1) is 0 Å². The summed E-state index contributed by atoms with van der Waals surface area (Å²) in [5, 5.41) is 17.1.